The number of esters is 2. The number of hydrogen-bond donors (Lipinski definition) is 0. The van der Waals surface area contributed by atoms with Gasteiger partial charge in [0, 0.05) is 17.1 Å². The van der Waals surface area contributed by atoms with Crippen molar-refractivity contribution in [1.29, 1.82) is 0 Å². The monoisotopic (exact) mass is 814 g/mol. The van der Waals surface area contributed by atoms with Gasteiger partial charge >= 0.3 is 11.9 Å². The van der Waals surface area contributed by atoms with E-state index >= 15 is 0 Å². The first-order valence-corrected chi connectivity index (χ1v) is 14.9. The van der Waals surface area contributed by atoms with Gasteiger partial charge in [0.15, 0.2) is 0 Å². The fourth-order valence-electron chi connectivity index (χ4n) is 2.74. The molecule has 0 aliphatic rings. The van der Waals surface area contributed by atoms with E-state index in [4.69, 9.17) is 9.47 Å². The highest BCUT2D eigenvalue weighted by Crippen LogP contribution is 2.23. The molecule has 0 atom stereocenters. The van der Waals surface area contributed by atoms with Gasteiger partial charge in [-0.3, -0.25) is 4.79 Å². The zero-order chi connectivity index (χ0) is 25.7. The van der Waals surface area contributed by atoms with Gasteiger partial charge in [-0.2, -0.15) is 0 Å². The average Bonchev–Trinajstić information content (AvgIpc) is 2.83. The molecule has 0 amide bonds. The standard InChI is InChI=1S/C28H33I3O4/c1-2-3-4-5-6-7-8-9-10-11-12-13-14-15-16-17-18-19-26(32)34-22-35-28(33)24-20-23(29)21-25(30)27(24)31/h3-4,6-7,9-10,12-13,15-16,20-21H,2,5,8,11,14,17-19,22H2,1H3/b4-3-,7-6-,10-9-,13-12-,16-15-. The number of halogens is 3. The van der Waals surface area contributed by atoms with Crippen molar-refractivity contribution >= 4 is 79.7 Å². The van der Waals surface area contributed by atoms with E-state index in [1.165, 1.54) is 0 Å². The van der Waals surface area contributed by atoms with E-state index in [1.807, 2.05) is 6.07 Å². The van der Waals surface area contributed by atoms with Gasteiger partial charge in [0.25, 0.3) is 0 Å². The number of hydrogen-bond acceptors (Lipinski definition) is 4. The van der Waals surface area contributed by atoms with Gasteiger partial charge in [0.2, 0.25) is 6.79 Å². The van der Waals surface area contributed by atoms with Crippen molar-refractivity contribution in [3.05, 3.63) is 89.2 Å². The summed E-state index contributed by atoms with van der Waals surface area (Å²) < 4.78 is 12.9. The number of carbonyl (C=O) groups is 2. The molecular weight excluding hydrogens is 781 g/mol. The normalized spacial score (nSPS) is 12.1. The predicted octanol–water partition coefficient (Wildman–Crippen LogP) is 9.08. The Morgan fingerprint density at radius 2 is 1.31 bits per heavy atom. The van der Waals surface area contributed by atoms with Crippen molar-refractivity contribution in [3.63, 3.8) is 0 Å². The molecule has 190 valence electrons. The Hall–Kier alpha value is -0.950. The van der Waals surface area contributed by atoms with Crippen LogP contribution in [0.1, 0.15) is 68.6 Å². The fraction of sp³-hybridized carbons (Fsp3) is 0.357. The summed E-state index contributed by atoms with van der Waals surface area (Å²) in [6.07, 6.45) is 28.3. The van der Waals surface area contributed by atoms with Crippen molar-refractivity contribution in [2.75, 3.05) is 6.79 Å². The molecule has 0 unspecified atom stereocenters. The van der Waals surface area contributed by atoms with Crippen LogP contribution in [-0.2, 0) is 14.3 Å². The number of ether oxygens (including phenoxy) is 2. The molecule has 0 aliphatic carbocycles. The summed E-state index contributed by atoms with van der Waals surface area (Å²) in [7, 11) is 0. The maximum atomic E-state index is 12.2. The van der Waals surface area contributed by atoms with E-state index in [9.17, 15) is 9.59 Å². The van der Waals surface area contributed by atoms with Crippen LogP contribution >= 0.6 is 67.8 Å². The van der Waals surface area contributed by atoms with Crippen LogP contribution in [0.25, 0.3) is 0 Å². The quantitative estimate of drug-likeness (QED) is 0.0418. The molecule has 0 spiro atoms. The molecule has 1 aromatic carbocycles. The van der Waals surface area contributed by atoms with Crippen LogP contribution in [0.5, 0.6) is 0 Å². The largest absolute Gasteiger partial charge is 0.428 e. The van der Waals surface area contributed by atoms with Gasteiger partial charge in [-0.1, -0.05) is 67.7 Å². The van der Waals surface area contributed by atoms with Crippen LogP contribution in [0.4, 0.5) is 0 Å². The third-order valence-corrected chi connectivity index (χ3v) is 8.20. The number of rotatable bonds is 16. The maximum Gasteiger partial charge on any atom is 0.342 e. The van der Waals surface area contributed by atoms with Gasteiger partial charge in [-0.05, 0) is 125 Å². The molecule has 1 aromatic rings. The molecule has 0 aliphatic heterocycles. The number of unbranched alkanes of at least 4 members (excludes halogenated alkanes) is 1. The Labute approximate surface area is 250 Å². The zero-order valence-corrected chi connectivity index (χ0v) is 26.5. The minimum atomic E-state index is -0.489. The third kappa shape index (κ3) is 16.4. The van der Waals surface area contributed by atoms with Gasteiger partial charge in [-0.25, -0.2) is 4.79 Å². The molecule has 35 heavy (non-hydrogen) atoms. The highest BCUT2D eigenvalue weighted by molar-refractivity contribution is 14.1. The van der Waals surface area contributed by atoms with Gasteiger partial charge in [0.05, 0.1) is 5.56 Å². The van der Waals surface area contributed by atoms with E-state index in [0.717, 1.165) is 49.2 Å². The predicted molar refractivity (Wildman–Crippen MR) is 169 cm³/mol. The molecule has 4 nitrogen and oxygen atoms in total. The molecule has 0 saturated carbocycles. The molecule has 0 bridgehead atoms. The van der Waals surface area contributed by atoms with Crippen molar-refractivity contribution in [1.82, 2.24) is 0 Å². The topological polar surface area (TPSA) is 52.6 Å². The number of benzene rings is 1. The summed E-state index contributed by atoms with van der Waals surface area (Å²) in [5.74, 6) is -0.852. The zero-order valence-electron chi connectivity index (χ0n) is 20.1. The molecule has 1 rings (SSSR count). The Morgan fingerprint density at radius 3 is 1.89 bits per heavy atom. The Balaban J connectivity index is 2.08. The fourth-order valence-corrected chi connectivity index (χ4v) is 5.11. The van der Waals surface area contributed by atoms with E-state index in [-0.39, 0.29) is 12.8 Å². The van der Waals surface area contributed by atoms with E-state index < -0.39 is 5.97 Å². The van der Waals surface area contributed by atoms with Gasteiger partial charge in [-0.15, -0.1) is 0 Å². The molecule has 0 aromatic heterocycles. The van der Waals surface area contributed by atoms with Crippen LogP contribution in [0, 0.1) is 10.7 Å². The second kappa shape index (κ2) is 21.2. The number of allylic oxidation sites excluding steroid dienone is 10. The lowest BCUT2D eigenvalue weighted by Gasteiger charge is -2.09. The lowest BCUT2D eigenvalue weighted by Crippen LogP contribution is -2.14. The van der Waals surface area contributed by atoms with E-state index in [1.54, 1.807) is 6.07 Å². The molecule has 0 saturated heterocycles. The van der Waals surface area contributed by atoms with Gasteiger partial charge in [0.1, 0.15) is 0 Å². The summed E-state index contributed by atoms with van der Waals surface area (Å²) in [5.41, 5.74) is 0.483. The first kappa shape index (κ1) is 32.1. The summed E-state index contributed by atoms with van der Waals surface area (Å²) in [6, 6.07) is 3.75. The molecule has 0 fully saturated rings. The lowest BCUT2D eigenvalue weighted by atomic mass is 10.2. The van der Waals surface area contributed by atoms with Crippen LogP contribution < -0.4 is 0 Å². The van der Waals surface area contributed by atoms with Crippen molar-refractivity contribution in [3.8, 4) is 0 Å². The SMILES string of the molecule is CC/C=C\C/C=C\C/C=C\C/C=C\C/C=C\CCCC(=O)OCOC(=O)c1cc(I)cc(I)c1I. The Kier molecular flexibility index (Phi) is 19.4. The highest BCUT2D eigenvalue weighted by Gasteiger charge is 2.15. The van der Waals surface area contributed by atoms with Crippen LogP contribution in [0.3, 0.4) is 0 Å². The smallest absolute Gasteiger partial charge is 0.342 e. The summed E-state index contributed by atoms with van der Waals surface area (Å²) >= 11 is 6.45. The lowest BCUT2D eigenvalue weighted by molar-refractivity contribution is -0.152. The van der Waals surface area contributed by atoms with E-state index in [0.29, 0.717) is 18.4 Å². The van der Waals surface area contributed by atoms with Crippen LogP contribution in [0.15, 0.2) is 72.9 Å². The minimum absolute atomic E-state index is 0.296. The minimum Gasteiger partial charge on any atom is -0.428 e. The second-order valence-electron chi connectivity index (χ2n) is 7.42. The van der Waals surface area contributed by atoms with E-state index in [2.05, 4.69) is 135 Å². The first-order chi connectivity index (χ1) is 17.0. The molecular formula is C28H33I3O4. The van der Waals surface area contributed by atoms with Crippen LogP contribution in [0.2, 0.25) is 0 Å². The van der Waals surface area contributed by atoms with Crippen molar-refractivity contribution in [2.24, 2.45) is 0 Å². The number of carbonyl (C=O) groups excluding carboxylic acids is 2. The molecule has 0 radical (unpaired) electrons. The second-order valence-corrected chi connectivity index (χ2v) is 10.9. The summed E-state index contributed by atoms with van der Waals surface area (Å²) in [4.78, 5) is 24.1. The first-order valence-electron chi connectivity index (χ1n) is 11.7. The van der Waals surface area contributed by atoms with Crippen molar-refractivity contribution < 1.29 is 19.1 Å². The maximum absolute atomic E-state index is 12.2. The Bertz CT molecular complexity index is 930. The summed E-state index contributed by atoms with van der Waals surface area (Å²) in [6.45, 7) is 1.78. The molecule has 0 N–H and O–H groups in total. The average molecular weight is 814 g/mol. The van der Waals surface area contributed by atoms with Crippen LogP contribution in [-0.4, -0.2) is 18.7 Å². The van der Waals surface area contributed by atoms with Crippen molar-refractivity contribution in [2.45, 2.75) is 58.3 Å². The van der Waals surface area contributed by atoms with Gasteiger partial charge < -0.3 is 9.47 Å². The molecule has 7 heteroatoms. The summed E-state index contributed by atoms with van der Waals surface area (Å²) in [5, 5.41) is 0. The molecule has 0 heterocycles. The Morgan fingerprint density at radius 1 is 0.771 bits per heavy atom. The highest BCUT2D eigenvalue weighted by atomic mass is 127. The third-order valence-electron chi connectivity index (χ3n) is 4.53.